The van der Waals surface area contributed by atoms with Crippen molar-refractivity contribution in [3.63, 3.8) is 0 Å². The quantitative estimate of drug-likeness (QED) is 0.639. The first kappa shape index (κ1) is 13.7. The second kappa shape index (κ2) is 5.93. The number of amidine groups is 1. The van der Waals surface area contributed by atoms with E-state index in [2.05, 4.69) is 11.8 Å². The molecule has 0 aromatic heterocycles. The SMILES string of the molecule is CCC1COCCN1c1cc(OC)ccc1C(=N)N. The zero-order chi connectivity index (χ0) is 13.8. The summed E-state index contributed by atoms with van der Waals surface area (Å²) in [6, 6.07) is 5.95. The summed E-state index contributed by atoms with van der Waals surface area (Å²) in [4.78, 5) is 2.27. The molecule has 2 rings (SSSR count). The molecule has 0 spiro atoms. The Bertz CT molecular complexity index is 462. The smallest absolute Gasteiger partial charge is 0.124 e. The lowest BCUT2D eigenvalue weighted by Crippen LogP contribution is -2.46. The summed E-state index contributed by atoms with van der Waals surface area (Å²) in [5.41, 5.74) is 7.40. The standard InChI is InChI=1S/C14H21N3O2/c1-3-10-9-19-7-6-17(10)13-8-11(18-2)4-5-12(13)14(15)16/h4-5,8,10H,3,6-7,9H2,1-2H3,(H3,15,16). The summed E-state index contributed by atoms with van der Waals surface area (Å²) < 4.78 is 10.8. The van der Waals surface area contributed by atoms with Crippen LogP contribution in [-0.4, -0.2) is 38.7 Å². The van der Waals surface area contributed by atoms with Crippen LogP contribution >= 0.6 is 0 Å². The molecule has 0 aliphatic carbocycles. The lowest BCUT2D eigenvalue weighted by molar-refractivity contribution is 0.0929. The number of nitrogen functional groups attached to an aromatic ring is 1. The average Bonchev–Trinajstić information content (AvgIpc) is 2.46. The van der Waals surface area contributed by atoms with E-state index in [1.54, 1.807) is 7.11 Å². The number of methoxy groups -OCH3 is 1. The van der Waals surface area contributed by atoms with Gasteiger partial charge in [0.25, 0.3) is 0 Å². The van der Waals surface area contributed by atoms with E-state index >= 15 is 0 Å². The molecule has 1 atom stereocenters. The fourth-order valence-corrected chi connectivity index (χ4v) is 2.41. The van der Waals surface area contributed by atoms with Gasteiger partial charge < -0.3 is 20.1 Å². The Balaban J connectivity index is 2.42. The first-order valence-electron chi connectivity index (χ1n) is 6.54. The van der Waals surface area contributed by atoms with Gasteiger partial charge in [-0.3, -0.25) is 5.41 Å². The molecule has 1 saturated heterocycles. The van der Waals surface area contributed by atoms with E-state index < -0.39 is 0 Å². The Kier molecular flexibility index (Phi) is 4.27. The maximum Gasteiger partial charge on any atom is 0.124 e. The minimum Gasteiger partial charge on any atom is -0.497 e. The molecule has 0 saturated carbocycles. The van der Waals surface area contributed by atoms with Gasteiger partial charge in [-0.25, -0.2) is 0 Å². The molecule has 104 valence electrons. The molecular formula is C14H21N3O2. The minimum absolute atomic E-state index is 0.0824. The number of nitrogens with one attached hydrogen (secondary N) is 1. The molecule has 1 fully saturated rings. The molecule has 1 aromatic rings. The fraction of sp³-hybridized carbons (Fsp3) is 0.500. The summed E-state index contributed by atoms with van der Waals surface area (Å²) in [5, 5.41) is 7.72. The van der Waals surface area contributed by atoms with Crippen LogP contribution < -0.4 is 15.4 Å². The second-order valence-electron chi connectivity index (χ2n) is 4.63. The highest BCUT2D eigenvalue weighted by atomic mass is 16.5. The molecule has 1 aliphatic rings. The molecule has 0 radical (unpaired) electrons. The van der Waals surface area contributed by atoms with Crippen LogP contribution in [0.3, 0.4) is 0 Å². The molecule has 1 heterocycles. The van der Waals surface area contributed by atoms with Gasteiger partial charge in [-0.2, -0.15) is 0 Å². The Morgan fingerprint density at radius 2 is 2.37 bits per heavy atom. The molecule has 5 heteroatoms. The minimum atomic E-state index is 0.0824. The molecular weight excluding hydrogens is 242 g/mol. The molecule has 0 amide bonds. The molecule has 0 bridgehead atoms. The second-order valence-corrected chi connectivity index (χ2v) is 4.63. The number of anilines is 1. The van der Waals surface area contributed by atoms with Crippen LogP contribution in [0.25, 0.3) is 0 Å². The van der Waals surface area contributed by atoms with E-state index in [0.29, 0.717) is 19.3 Å². The first-order chi connectivity index (χ1) is 9.17. The summed E-state index contributed by atoms with van der Waals surface area (Å²) >= 11 is 0. The number of rotatable bonds is 4. The Labute approximate surface area is 113 Å². The number of nitrogens with two attached hydrogens (primary N) is 1. The Hall–Kier alpha value is -1.75. The zero-order valence-electron chi connectivity index (χ0n) is 11.5. The van der Waals surface area contributed by atoms with Crippen molar-refractivity contribution in [3.05, 3.63) is 23.8 Å². The van der Waals surface area contributed by atoms with Crippen molar-refractivity contribution < 1.29 is 9.47 Å². The Morgan fingerprint density at radius 1 is 1.58 bits per heavy atom. The van der Waals surface area contributed by atoms with Crippen molar-refractivity contribution in [2.24, 2.45) is 5.73 Å². The van der Waals surface area contributed by atoms with Crippen molar-refractivity contribution in [1.29, 1.82) is 5.41 Å². The van der Waals surface area contributed by atoms with Crippen LogP contribution in [0.4, 0.5) is 5.69 Å². The summed E-state index contributed by atoms with van der Waals surface area (Å²) in [7, 11) is 1.64. The number of hydrogen-bond donors (Lipinski definition) is 2. The zero-order valence-corrected chi connectivity index (χ0v) is 11.5. The molecule has 5 nitrogen and oxygen atoms in total. The maximum absolute atomic E-state index is 7.72. The van der Waals surface area contributed by atoms with Gasteiger partial charge in [0, 0.05) is 18.2 Å². The number of hydrogen-bond acceptors (Lipinski definition) is 4. The first-order valence-corrected chi connectivity index (χ1v) is 6.54. The normalized spacial score (nSPS) is 19.3. The molecule has 19 heavy (non-hydrogen) atoms. The van der Waals surface area contributed by atoms with E-state index in [9.17, 15) is 0 Å². The summed E-state index contributed by atoms with van der Waals surface area (Å²) in [6.07, 6.45) is 0.995. The number of benzene rings is 1. The van der Waals surface area contributed by atoms with E-state index in [1.807, 2.05) is 18.2 Å². The predicted octanol–water partition coefficient (Wildman–Crippen LogP) is 1.59. The van der Waals surface area contributed by atoms with Crippen LogP contribution in [0, 0.1) is 5.41 Å². The van der Waals surface area contributed by atoms with E-state index in [1.165, 1.54) is 0 Å². The van der Waals surface area contributed by atoms with Crippen LogP contribution in [0.2, 0.25) is 0 Å². The third-order valence-electron chi connectivity index (χ3n) is 3.50. The Morgan fingerprint density at radius 3 is 3.00 bits per heavy atom. The maximum atomic E-state index is 7.72. The van der Waals surface area contributed by atoms with Crippen molar-refractivity contribution in [2.75, 3.05) is 31.8 Å². The highest BCUT2D eigenvalue weighted by molar-refractivity contribution is 6.00. The van der Waals surface area contributed by atoms with Gasteiger partial charge in [-0.1, -0.05) is 6.92 Å². The third-order valence-corrected chi connectivity index (χ3v) is 3.50. The van der Waals surface area contributed by atoms with Gasteiger partial charge in [0.15, 0.2) is 0 Å². The highest BCUT2D eigenvalue weighted by Gasteiger charge is 2.24. The lowest BCUT2D eigenvalue weighted by Gasteiger charge is -2.38. The monoisotopic (exact) mass is 263 g/mol. The summed E-state index contributed by atoms with van der Waals surface area (Å²) in [5.74, 6) is 0.861. The molecule has 1 unspecified atom stereocenters. The lowest BCUT2D eigenvalue weighted by atomic mass is 10.1. The fourth-order valence-electron chi connectivity index (χ4n) is 2.41. The van der Waals surface area contributed by atoms with Gasteiger partial charge >= 0.3 is 0 Å². The predicted molar refractivity (Wildman–Crippen MR) is 76.3 cm³/mol. The van der Waals surface area contributed by atoms with Crippen LogP contribution in [0.1, 0.15) is 18.9 Å². The van der Waals surface area contributed by atoms with Crippen molar-refractivity contribution >= 4 is 11.5 Å². The molecule has 1 aliphatic heterocycles. The van der Waals surface area contributed by atoms with Crippen LogP contribution in [-0.2, 0) is 4.74 Å². The highest BCUT2D eigenvalue weighted by Crippen LogP contribution is 2.29. The molecule has 3 N–H and O–H groups in total. The van der Waals surface area contributed by atoms with Crippen molar-refractivity contribution in [1.82, 2.24) is 0 Å². The van der Waals surface area contributed by atoms with Crippen LogP contribution in [0.5, 0.6) is 5.75 Å². The third kappa shape index (κ3) is 2.81. The largest absolute Gasteiger partial charge is 0.497 e. The number of morpholine rings is 1. The van der Waals surface area contributed by atoms with Gasteiger partial charge in [-0.05, 0) is 18.6 Å². The number of nitrogens with zero attached hydrogens (tertiary/aromatic N) is 1. The van der Waals surface area contributed by atoms with Crippen molar-refractivity contribution in [2.45, 2.75) is 19.4 Å². The van der Waals surface area contributed by atoms with Gasteiger partial charge in [0.05, 0.1) is 32.1 Å². The van der Waals surface area contributed by atoms with Gasteiger partial charge in [0.2, 0.25) is 0 Å². The van der Waals surface area contributed by atoms with E-state index in [4.69, 9.17) is 20.6 Å². The van der Waals surface area contributed by atoms with E-state index in [0.717, 1.165) is 30.0 Å². The average molecular weight is 263 g/mol. The van der Waals surface area contributed by atoms with Crippen molar-refractivity contribution in [3.8, 4) is 5.75 Å². The van der Waals surface area contributed by atoms with Gasteiger partial charge in [0.1, 0.15) is 11.6 Å². The van der Waals surface area contributed by atoms with Crippen LogP contribution in [0.15, 0.2) is 18.2 Å². The molecule has 1 aromatic carbocycles. The number of ether oxygens (including phenoxy) is 2. The topological polar surface area (TPSA) is 71.6 Å². The van der Waals surface area contributed by atoms with Gasteiger partial charge in [-0.15, -0.1) is 0 Å². The van der Waals surface area contributed by atoms with E-state index in [-0.39, 0.29) is 5.84 Å². The summed E-state index contributed by atoms with van der Waals surface area (Å²) in [6.45, 7) is 4.36.